The highest BCUT2D eigenvalue weighted by Gasteiger charge is 2.20. The van der Waals surface area contributed by atoms with Gasteiger partial charge in [-0.15, -0.1) is 11.3 Å². The number of sulfonamides is 1. The van der Waals surface area contributed by atoms with E-state index in [0.29, 0.717) is 11.5 Å². The SMILES string of the molecule is CC(C)(C)c1cc(N)cc2c(Nc3sccc3CNS(C)(=O)=O)ncnc12. The van der Waals surface area contributed by atoms with Gasteiger partial charge in [0.05, 0.1) is 16.8 Å². The molecule has 0 aliphatic rings. The molecular formula is C18H23N5O2S2. The lowest BCUT2D eigenvalue weighted by Crippen LogP contribution is -2.21. The molecule has 7 nitrogen and oxygen atoms in total. The standard InChI is InChI=1S/C18H23N5O2S2/c1-18(2,3)14-8-12(19)7-13-15(14)20-10-21-16(13)23-17-11(5-6-26-17)9-22-27(4,24)25/h5-8,10,22H,9,19H2,1-4H3,(H,20,21,23). The van der Waals surface area contributed by atoms with Gasteiger partial charge < -0.3 is 11.1 Å². The molecule has 0 radical (unpaired) electrons. The number of nitrogens with one attached hydrogen (secondary N) is 2. The molecule has 0 atom stereocenters. The van der Waals surface area contributed by atoms with Gasteiger partial charge in [-0.1, -0.05) is 20.8 Å². The molecule has 3 rings (SSSR count). The second-order valence-electron chi connectivity index (χ2n) is 7.43. The molecule has 9 heteroatoms. The van der Waals surface area contributed by atoms with Gasteiger partial charge in [0.25, 0.3) is 0 Å². The van der Waals surface area contributed by atoms with Crippen LogP contribution in [0.25, 0.3) is 10.9 Å². The molecule has 0 amide bonds. The second-order valence-corrected chi connectivity index (χ2v) is 10.2. The molecule has 0 fully saturated rings. The van der Waals surface area contributed by atoms with Gasteiger partial charge in [-0.25, -0.2) is 23.1 Å². The minimum absolute atomic E-state index is 0.118. The average Bonchev–Trinajstić information content (AvgIpc) is 2.98. The number of benzene rings is 1. The third kappa shape index (κ3) is 4.55. The minimum Gasteiger partial charge on any atom is -0.399 e. The highest BCUT2D eigenvalue weighted by atomic mass is 32.2. The van der Waals surface area contributed by atoms with Crippen molar-refractivity contribution in [2.24, 2.45) is 0 Å². The fraction of sp³-hybridized carbons (Fsp3) is 0.333. The Morgan fingerprint density at radius 3 is 2.63 bits per heavy atom. The van der Waals surface area contributed by atoms with Crippen molar-refractivity contribution >= 4 is 48.8 Å². The Morgan fingerprint density at radius 1 is 1.22 bits per heavy atom. The third-order valence-electron chi connectivity index (χ3n) is 4.07. The van der Waals surface area contributed by atoms with Crippen molar-refractivity contribution in [1.29, 1.82) is 0 Å². The van der Waals surface area contributed by atoms with Crippen molar-refractivity contribution in [3.05, 3.63) is 41.0 Å². The molecule has 0 aliphatic heterocycles. The monoisotopic (exact) mass is 405 g/mol. The first-order chi connectivity index (χ1) is 12.5. The van der Waals surface area contributed by atoms with Crippen molar-refractivity contribution in [3.8, 4) is 0 Å². The Hall–Kier alpha value is -2.23. The van der Waals surface area contributed by atoms with Gasteiger partial charge in [0.15, 0.2) is 0 Å². The summed E-state index contributed by atoms with van der Waals surface area (Å²) in [4.78, 5) is 8.86. The molecule has 0 bridgehead atoms. The summed E-state index contributed by atoms with van der Waals surface area (Å²) < 4.78 is 25.3. The van der Waals surface area contributed by atoms with E-state index in [0.717, 1.165) is 33.3 Å². The molecule has 0 saturated heterocycles. The van der Waals surface area contributed by atoms with Gasteiger partial charge in [0.1, 0.15) is 12.1 Å². The van der Waals surface area contributed by atoms with Crippen LogP contribution in [0.1, 0.15) is 31.9 Å². The van der Waals surface area contributed by atoms with E-state index < -0.39 is 10.0 Å². The maximum atomic E-state index is 11.4. The lowest BCUT2D eigenvalue weighted by atomic mass is 9.85. The summed E-state index contributed by atoms with van der Waals surface area (Å²) in [5, 5.41) is 6.87. The quantitative estimate of drug-likeness (QED) is 0.562. The maximum absolute atomic E-state index is 11.4. The van der Waals surface area contributed by atoms with Gasteiger partial charge >= 0.3 is 0 Å². The van der Waals surface area contributed by atoms with Crippen LogP contribution in [0, 0.1) is 0 Å². The molecule has 3 aromatic rings. The fourth-order valence-corrected chi connectivity index (χ4v) is 4.00. The zero-order valence-electron chi connectivity index (χ0n) is 15.7. The van der Waals surface area contributed by atoms with Crippen LogP contribution in [-0.4, -0.2) is 24.6 Å². The zero-order chi connectivity index (χ0) is 19.8. The number of rotatable bonds is 5. The summed E-state index contributed by atoms with van der Waals surface area (Å²) in [6.45, 7) is 6.56. The Bertz CT molecular complexity index is 1080. The van der Waals surface area contributed by atoms with Crippen molar-refractivity contribution in [3.63, 3.8) is 0 Å². The topological polar surface area (TPSA) is 110 Å². The molecule has 2 aromatic heterocycles. The van der Waals surface area contributed by atoms with Crippen LogP contribution in [0.5, 0.6) is 0 Å². The number of hydrogen-bond donors (Lipinski definition) is 3. The van der Waals surface area contributed by atoms with E-state index in [2.05, 4.69) is 40.8 Å². The molecule has 4 N–H and O–H groups in total. The highest BCUT2D eigenvalue weighted by Crippen LogP contribution is 2.35. The predicted molar refractivity (Wildman–Crippen MR) is 112 cm³/mol. The van der Waals surface area contributed by atoms with E-state index in [9.17, 15) is 8.42 Å². The Labute approximate surface area is 163 Å². The number of aromatic nitrogens is 2. The summed E-state index contributed by atoms with van der Waals surface area (Å²) in [6, 6.07) is 5.68. The number of nitrogens with zero attached hydrogens (tertiary/aromatic N) is 2. The van der Waals surface area contributed by atoms with Crippen LogP contribution in [0.2, 0.25) is 0 Å². The van der Waals surface area contributed by atoms with E-state index in [1.165, 1.54) is 17.7 Å². The van der Waals surface area contributed by atoms with Crippen molar-refractivity contribution in [1.82, 2.24) is 14.7 Å². The predicted octanol–water partition coefficient (Wildman–Crippen LogP) is 3.36. The fourth-order valence-electron chi connectivity index (χ4n) is 2.76. The molecule has 27 heavy (non-hydrogen) atoms. The van der Waals surface area contributed by atoms with E-state index >= 15 is 0 Å². The number of hydrogen-bond acceptors (Lipinski definition) is 7. The van der Waals surface area contributed by atoms with Crippen LogP contribution in [0.4, 0.5) is 16.5 Å². The van der Waals surface area contributed by atoms with Crippen LogP contribution in [0.15, 0.2) is 29.9 Å². The van der Waals surface area contributed by atoms with Crippen molar-refractivity contribution < 1.29 is 8.42 Å². The Balaban J connectivity index is 2.02. The molecule has 1 aromatic carbocycles. The average molecular weight is 406 g/mol. The van der Waals surface area contributed by atoms with Crippen molar-refractivity contribution in [2.45, 2.75) is 32.7 Å². The number of anilines is 3. The van der Waals surface area contributed by atoms with E-state index in [1.807, 2.05) is 23.6 Å². The van der Waals surface area contributed by atoms with Crippen LogP contribution < -0.4 is 15.8 Å². The molecule has 2 heterocycles. The van der Waals surface area contributed by atoms with Crippen LogP contribution in [0.3, 0.4) is 0 Å². The molecule has 144 valence electrons. The zero-order valence-corrected chi connectivity index (χ0v) is 17.3. The Kier molecular flexibility index (Phi) is 5.11. The maximum Gasteiger partial charge on any atom is 0.209 e. The minimum atomic E-state index is -3.27. The molecule has 0 aliphatic carbocycles. The molecule has 0 saturated carbocycles. The van der Waals surface area contributed by atoms with E-state index in [4.69, 9.17) is 5.73 Å². The summed E-state index contributed by atoms with van der Waals surface area (Å²) in [6.07, 6.45) is 2.67. The lowest BCUT2D eigenvalue weighted by molar-refractivity contribution is 0.587. The molecule has 0 spiro atoms. The summed E-state index contributed by atoms with van der Waals surface area (Å²) in [7, 11) is -3.27. The lowest BCUT2D eigenvalue weighted by Gasteiger charge is -2.22. The summed E-state index contributed by atoms with van der Waals surface area (Å²) >= 11 is 1.48. The number of thiophene rings is 1. The summed E-state index contributed by atoms with van der Waals surface area (Å²) in [5.74, 6) is 0.640. The normalized spacial score (nSPS) is 12.4. The Morgan fingerprint density at radius 2 is 1.96 bits per heavy atom. The highest BCUT2D eigenvalue weighted by molar-refractivity contribution is 7.88. The van der Waals surface area contributed by atoms with Gasteiger partial charge in [0, 0.05) is 23.2 Å². The van der Waals surface area contributed by atoms with Crippen LogP contribution in [-0.2, 0) is 22.0 Å². The number of nitrogens with two attached hydrogens (primary N) is 1. The second kappa shape index (κ2) is 7.06. The first-order valence-corrected chi connectivity index (χ1v) is 11.1. The number of nitrogen functional groups attached to an aromatic ring is 1. The molecular weight excluding hydrogens is 382 g/mol. The molecule has 0 unspecified atom stereocenters. The first kappa shape index (κ1) is 19.5. The van der Waals surface area contributed by atoms with Gasteiger partial charge in [-0.2, -0.15) is 0 Å². The number of fused-ring (bicyclic) bond motifs is 1. The first-order valence-electron chi connectivity index (χ1n) is 8.37. The van der Waals surface area contributed by atoms with Gasteiger partial charge in [-0.05, 0) is 34.6 Å². The summed E-state index contributed by atoms with van der Waals surface area (Å²) in [5.41, 5.74) is 9.40. The third-order valence-corrected chi connectivity index (χ3v) is 5.61. The van der Waals surface area contributed by atoms with Crippen molar-refractivity contribution in [2.75, 3.05) is 17.3 Å². The smallest absolute Gasteiger partial charge is 0.209 e. The van der Waals surface area contributed by atoms with E-state index in [1.54, 1.807) is 0 Å². The largest absolute Gasteiger partial charge is 0.399 e. The van der Waals surface area contributed by atoms with Gasteiger partial charge in [0.2, 0.25) is 10.0 Å². The van der Waals surface area contributed by atoms with E-state index in [-0.39, 0.29) is 12.0 Å². The van der Waals surface area contributed by atoms with Crippen LogP contribution >= 0.6 is 11.3 Å². The van der Waals surface area contributed by atoms with Gasteiger partial charge in [-0.3, -0.25) is 0 Å².